The first-order chi connectivity index (χ1) is 14.5. The van der Waals surface area contributed by atoms with E-state index < -0.39 is 17.8 Å². The molecule has 8 heteroatoms. The molecule has 2 aliphatic rings. The molecule has 1 saturated heterocycles. The Morgan fingerprint density at radius 3 is 2.57 bits per heavy atom. The van der Waals surface area contributed by atoms with E-state index in [2.05, 4.69) is 10.6 Å². The van der Waals surface area contributed by atoms with Gasteiger partial charge in [0, 0.05) is 30.9 Å². The molecule has 4 rings (SSSR count). The Bertz CT molecular complexity index is 989. The molecular formula is C22H24FN3O4. The normalized spacial score (nSPS) is 16.1. The van der Waals surface area contributed by atoms with Crippen LogP contribution >= 0.6 is 0 Å². The molecule has 2 aromatic carbocycles. The second-order valence-electron chi connectivity index (χ2n) is 7.36. The van der Waals surface area contributed by atoms with Crippen LogP contribution in [0.15, 0.2) is 30.3 Å². The number of hydrogen-bond donors (Lipinski definition) is 2. The van der Waals surface area contributed by atoms with Crippen LogP contribution in [0.1, 0.15) is 40.4 Å². The summed E-state index contributed by atoms with van der Waals surface area (Å²) in [5.74, 6) is -0.0165. The summed E-state index contributed by atoms with van der Waals surface area (Å²) in [5.41, 5.74) is 1.80. The predicted molar refractivity (Wildman–Crippen MR) is 109 cm³/mol. The minimum Gasteiger partial charge on any atom is -0.493 e. The molecule has 0 aromatic heterocycles. The molecule has 2 aromatic rings. The van der Waals surface area contributed by atoms with E-state index in [9.17, 15) is 14.0 Å². The highest BCUT2D eigenvalue weighted by Gasteiger charge is 2.31. The highest BCUT2D eigenvalue weighted by molar-refractivity contribution is 6.00. The molecule has 2 aliphatic heterocycles. The topological polar surface area (TPSA) is 79.9 Å². The number of anilines is 1. The Morgan fingerprint density at radius 1 is 1.13 bits per heavy atom. The minimum atomic E-state index is -0.715. The second-order valence-corrected chi connectivity index (χ2v) is 7.36. The van der Waals surface area contributed by atoms with E-state index in [1.54, 1.807) is 31.4 Å². The average Bonchev–Trinajstić information content (AvgIpc) is 3.43. The average molecular weight is 413 g/mol. The van der Waals surface area contributed by atoms with Crippen molar-refractivity contribution >= 4 is 17.5 Å². The molecule has 2 heterocycles. The largest absolute Gasteiger partial charge is 0.493 e. The van der Waals surface area contributed by atoms with Crippen molar-refractivity contribution < 1.29 is 23.5 Å². The number of carbonyl (C=O) groups is 2. The molecule has 0 radical (unpaired) electrons. The number of hydrogen-bond acceptors (Lipinski definition) is 5. The Morgan fingerprint density at radius 2 is 1.87 bits per heavy atom. The Balaban J connectivity index is 1.74. The van der Waals surface area contributed by atoms with Crippen molar-refractivity contribution in [1.29, 1.82) is 0 Å². The molecule has 0 saturated carbocycles. The molecule has 1 atom stereocenters. The number of methoxy groups -OCH3 is 2. The van der Waals surface area contributed by atoms with Gasteiger partial charge < -0.3 is 25.0 Å². The van der Waals surface area contributed by atoms with E-state index in [0.717, 1.165) is 12.8 Å². The van der Waals surface area contributed by atoms with Gasteiger partial charge in [-0.3, -0.25) is 9.59 Å². The molecule has 0 bridgehead atoms. The molecule has 30 heavy (non-hydrogen) atoms. The van der Waals surface area contributed by atoms with Crippen LogP contribution < -0.4 is 20.1 Å². The lowest BCUT2D eigenvalue weighted by atomic mass is 10.0. The number of fused-ring (bicyclic) bond motifs is 1. The molecule has 2 amide bonds. The lowest BCUT2D eigenvalue weighted by Gasteiger charge is -2.26. The van der Waals surface area contributed by atoms with Crippen LogP contribution in [0.5, 0.6) is 11.5 Å². The summed E-state index contributed by atoms with van der Waals surface area (Å²) in [7, 11) is 3.09. The van der Waals surface area contributed by atoms with E-state index >= 15 is 0 Å². The molecule has 1 unspecified atom stereocenters. The Labute approximate surface area is 174 Å². The molecule has 0 aliphatic carbocycles. The summed E-state index contributed by atoms with van der Waals surface area (Å²) in [5, 5.41) is 5.91. The van der Waals surface area contributed by atoms with E-state index in [0.29, 0.717) is 41.4 Å². The number of rotatable bonds is 6. The van der Waals surface area contributed by atoms with E-state index in [4.69, 9.17) is 9.47 Å². The monoisotopic (exact) mass is 413 g/mol. The maximum absolute atomic E-state index is 14.2. The minimum absolute atomic E-state index is 0.0275. The van der Waals surface area contributed by atoms with Crippen molar-refractivity contribution in [3.63, 3.8) is 0 Å². The van der Waals surface area contributed by atoms with Crippen LogP contribution in [0.2, 0.25) is 0 Å². The third kappa shape index (κ3) is 3.53. The van der Waals surface area contributed by atoms with Crippen LogP contribution in [0.25, 0.3) is 0 Å². The number of benzene rings is 2. The molecule has 7 nitrogen and oxygen atoms in total. The highest BCUT2D eigenvalue weighted by atomic mass is 19.1. The van der Waals surface area contributed by atoms with Crippen LogP contribution in [-0.4, -0.2) is 44.0 Å². The summed E-state index contributed by atoms with van der Waals surface area (Å²) in [6.45, 7) is 1.61. The summed E-state index contributed by atoms with van der Waals surface area (Å²) < 4.78 is 24.9. The van der Waals surface area contributed by atoms with Gasteiger partial charge in [-0.2, -0.15) is 0 Å². The number of nitrogens with zero attached hydrogens (tertiary/aromatic N) is 1. The van der Waals surface area contributed by atoms with Crippen molar-refractivity contribution in [3.05, 3.63) is 52.8 Å². The van der Waals surface area contributed by atoms with Gasteiger partial charge in [-0.25, -0.2) is 4.39 Å². The number of nitrogens with one attached hydrogen (secondary N) is 2. The fourth-order valence-corrected chi connectivity index (χ4v) is 4.04. The molecule has 1 fully saturated rings. The smallest absolute Gasteiger partial charge is 0.254 e. The summed E-state index contributed by atoms with van der Waals surface area (Å²) in [6, 6.07) is 7.42. The molecule has 0 spiro atoms. The number of amides is 2. The number of carbonyl (C=O) groups excluding carboxylic acids is 2. The van der Waals surface area contributed by atoms with Gasteiger partial charge in [-0.05, 0) is 42.7 Å². The Kier molecular flexibility index (Phi) is 5.48. The lowest BCUT2D eigenvalue weighted by molar-refractivity contribution is -0.131. The standard InChI is InChI=1S/C22H24FN3O4/c1-29-17-8-5-13(11-18(17)30-2)20(22(28)26-9-3-4-10-26)25-16-7-6-15(23)19-14(16)12-24-21(19)27/h5-8,11,20,25H,3-4,9-10,12H2,1-2H3,(H,24,27). The van der Waals surface area contributed by atoms with Crippen molar-refractivity contribution in [1.82, 2.24) is 10.2 Å². The number of halogens is 1. The zero-order valence-corrected chi connectivity index (χ0v) is 17.0. The van der Waals surface area contributed by atoms with Gasteiger partial charge in [0.05, 0.1) is 19.8 Å². The quantitative estimate of drug-likeness (QED) is 0.761. The van der Waals surface area contributed by atoms with Crippen molar-refractivity contribution in [3.8, 4) is 11.5 Å². The Hall–Kier alpha value is -3.29. The first-order valence-corrected chi connectivity index (χ1v) is 9.90. The highest BCUT2D eigenvalue weighted by Crippen LogP contribution is 2.34. The maximum Gasteiger partial charge on any atom is 0.254 e. The van der Waals surface area contributed by atoms with Gasteiger partial charge in [-0.15, -0.1) is 0 Å². The van der Waals surface area contributed by atoms with Crippen LogP contribution in [0.4, 0.5) is 10.1 Å². The van der Waals surface area contributed by atoms with Crippen LogP contribution in [-0.2, 0) is 11.3 Å². The first kappa shape index (κ1) is 20.0. The van der Waals surface area contributed by atoms with Crippen LogP contribution in [0, 0.1) is 5.82 Å². The van der Waals surface area contributed by atoms with Crippen LogP contribution in [0.3, 0.4) is 0 Å². The van der Waals surface area contributed by atoms with Gasteiger partial charge in [0.2, 0.25) is 5.91 Å². The zero-order valence-electron chi connectivity index (χ0n) is 17.0. The predicted octanol–water partition coefficient (Wildman–Crippen LogP) is 2.86. The van der Waals surface area contributed by atoms with E-state index in [1.807, 2.05) is 4.90 Å². The first-order valence-electron chi connectivity index (χ1n) is 9.90. The number of likely N-dealkylation sites (tertiary alicyclic amines) is 1. The fraction of sp³-hybridized carbons (Fsp3) is 0.364. The second kappa shape index (κ2) is 8.22. The SMILES string of the molecule is COc1ccc(C(Nc2ccc(F)c3c2CNC3=O)C(=O)N2CCCC2)cc1OC. The summed E-state index contributed by atoms with van der Waals surface area (Å²) in [4.78, 5) is 27.2. The van der Waals surface area contributed by atoms with E-state index in [-0.39, 0.29) is 18.0 Å². The molecule has 2 N–H and O–H groups in total. The zero-order chi connectivity index (χ0) is 21.3. The summed E-state index contributed by atoms with van der Waals surface area (Å²) in [6.07, 6.45) is 1.93. The molecular weight excluding hydrogens is 389 g/mol. The number of ether oxygens (including phenoxy) is 2. The van der Waals surface area contributed by atoms with Crippen molar-refractivity contribution in [2.45, 2.75) is 25.4 Å². The van der Waals surface area contributed by atoms with Gasteiger partial charge >= 0.3 is 0 Å². The van der Waals surface area contributed by atoms with Crippen molar-refractivity contribution in [2.75, 3.05) is 32.6 Å². The third-order valence-corrected chi connectivity index (χ3v) is 5.62. The molecule has 158 valence electrons. The lowest BCUT2D eigenvalue weighted by Crippen LogP contribution is -2.36. The van der Waals surface area contributed by atoms with Crippen molar-refractivity contribution in [2.24, 2.45) is 0 Å². The van der Waals surface area contributed by atoms with Gasteiger partial charge in [0.25, 0.3) is 5.91 Å². The third-order valence-electron chi connectivity index (χ3n) is 5.62. The fourth-order valence-electron chi connectivity index (χ4n) is 4.04. The van der Waals surface area contributed by atoms with Gasteiger partial charge in [0.1, 0.15) is 11.9 Å². The maximum atomic E-state index is 14.2. The summed E-state index contributed by atoms with van der Waals surface area (Å²) >= 11 is 0. The van der Waals surface area contributed by atoms with E-state index in [1.165, 1.54) is 13.2 Å². The van der Waals surface area contributed by atoms with Gasteiger partial charge in [0.15, 0.2) is 11.5 Å². The van der Waals surface area contributed by atoms with Gasteiger partial charge in [-0.1, -0.05) is 6.07 Å².